The maximum Gasteiger partial charge on any atom is 0.323 e. The van der Waals surface area contributed by atoms with Gasteiger partial charge < -0.3 is 0 Å². The molecule has 0 spiro atoms. The van der Waals surface area contributed by atoms with Gasteiger partial charge in [-0.25, -0.2) is 0 Å². The summed E-state index contributed by atoms with van der Waals surface area (Å²) in [6.07, 6.45) is 0. The first-order valence-corrected chi connectivity index (χ1v) is 4.39. The molecule has 0 fully saturated rings. The molecule has 5 heteroatoms. The van der Waals surface area contributed by atoms with Gasteiger partial charge in [-0.2, -0.15) is 0 Å². The third-order valence-corrected chi connectivity index (χ3v) is 2.41. The lowest BCUT2D eigenvalue weighted by Gasteiger charge is -2.08. The average molecular weight is 204 g/mol. The Hall–Kier alpha value is -0.870. The van der Waals surface area contributed by atoms with Crippen molar-refractivity contribution >= 4 is 34.2 Å². The number of halogens is 1. The van der Waals surface area contributed by atoms with Crippen LogP contribution in [0.5, 0.6) is 0 Å². The average Bonchev–Trinajstić information content (AvgIpc) is 2.53. The summed E-state index contributed by atoms with van der Waals surface area (Å²) >= 11 is 6.39. The van der Waals surface area contributed by atoms with Gasteiger partial charge in [-0.05, 0) is 23.0 Å². The second kappa shape index (κ2) is 3.69. The molecule has 0 aliphatic carbocycles. The molecule has 1 aromatic heterocycles. The maximum atomic E-state index is 11.3. The van der Waals surface area contributed by atoms with Gasteiger partial charge in [0.1, 0.15) is 0 Å². The van der Waals surface area contributed by atoms with Gasteiger partial charge in [-0.15, -0.1) is 11.3 Å². The van der Waals surface area contributed by atoms with E-state index < -0.39 is 5.37 Å². The second-order valence-corrected chi connectivity index (χ2v) is 3.37. The lowest BCUT2D eigenvalue weighted by atomic mass is 10.4. The van der Waals surface area contributed by atoms with Crippen LogP contribution in [0.4, 0.5) is 4.79 Å². The molecular formula is C7H6ClNO2S. The van der Waals surface area contributed by atoms with Gasteiger partial charge in [0.05, 0.1) is 4.88 Å². The fourth-order valence-corrected chi connectivity index (χ4v) is 1.42. The summed E-state index contributed by atoms with van der Waals surface area (Å²) in [6.45, 7) is 0. The van der Waals surface area contributed by atoms with Crippen molar-refractivity contribution in [1.82, 2.24) is 4.90 Å². The number of amides is 2. The molecule has 0 aliphatic rings. The van der Waals surface area contributed by atoms with Crippen molar-refractivity contribution in [3.05, 3.63) is 22.4 Å². The number of nitrogens with zero attached hydrogens (tertiary/aromatic N) is 1. The number of imide groups is 1. The number of carbonyl (C=O) groups excluding carboxylic acids is 2. The van der Waals surface area contributed by atoms with Crippen LogP contribution in [-0.4, -0.2) is 23.2 Å². The molecule has 1 aromatic rings. The van der Waals surface area contributed by atoms with Crippen LogP contribution in [-0.2, 0) is 0 Å². The highest BCUT2D eigenvalue weighted by atomic mass is 35.5. The topological polar surface area (TPSA) is 37.4 Å². The van der Waals surface area contributed by atoms with Crippen molar-refractivity contribution in [3.8, 4) is 0 Å². The third kappa shape index (κ3) is 1.84. The Labute approximate surface area is 78.6 Å². The minimum Gasteiger partial charge on any atom is -0.268 e. The molecule has 1 rings (SSSR count). The quantitative estimate of drug-likeness (QED) is 0.518. The number of carbonyl (C=O) groups is 2. The highest BCUT2D eigenvalue weighted by Gasteiger charge is 2.16. The third-order valence-electron chi connectivity index (χ3n) is 1.30. The summed E-state index contributed by atoms with van der Waals surface area (Å²) in [5, 5.41) is 0.994. The van der Waals surface area contributed by atoms with Gasteiger partial charge in [-0.3, -0.25) is 14.5 Å². The van der Waals surface area contributed by atoms with Crippen molar-refractivity contribution in [2.45, 2.75) is 0 Å². The summed E-state index contributed by atoms with van der Waals surface area (Å²) < 4.78 is 0. The zero-order valence-electron chi connectivity index (χ0n) is 6.28. The van der Waals surface area contributed by atoms with Crippen LogP contribution >= 0.6 is 22.9 Å². The summed E-state index contributed by atoms with van der Waals surface area (Å²) in [7, 11) is 1.34. The molecule has 0 unspecified atom stereocenters. The minimum absolute atomic E-state index is 0.370. The molecule has 0 aliphatic heterocycles. The Morgan fingerprint density at radius 1 is 1.58 bits per heavy atom. The summed E-state index contributed by atoms with van der Waals surface area (Å²) in [4.78, 5) is 23.2. The zero-order valence-corrected chi connectivity index (χ0v) is 7.85. The van der Waals surface area contributed by atoms with E-state index in [1.807, 2.05) is 0 Å². The first-order valence-electron chi connectivity index (χ1n) is 3.14. The summed E-state index contributed by atoms with van der Waals surface area (Å²) in [6, 6.07) is 3.38. The molecule has 0 atom stereocenters. The van der Waals surface area contributed by atoms with Crippen LogP contribution in [0.2, 0.25) is 0 Å². The van der Waals surface area contributed by atoms with E-state index in [0.717, 1.165) is 4.90 Å². The summed E-state index contributed by atoms with van der Waals surface area (Å²) in [5.41, 5.74) is 0. The van der Waals surface area contributed by atoms with Crippen LogP contribution in [0.3, 0.4) is 0 Å². The zero-order chi connectivity index (χ0) is 9.14. The van der Waals surface area contributed by atoms with E-state index >= 15 is 0 Å². The van der Waals surface area contributed by atoms with Gasteiger partial charge in [-0.1, -0.05) is 6.07 Å². The molecule has 0 bridgehead atoms. The molecule has 64 valence electrons. The van der Waals surface area contributed by atoms with Crippen LogP contribution < -0.4 is 0 Å². The van der Waals surface area contributed by atoms with Crippen LogP contribution in [0, 0.1) is 0 Å². The van der Waals surface area contributed by atoms with E-state index in [-0.39, 0.29) is 5.91 Å². The highest BCUT2D eigenvalue weighted by Crippen LogP contribution is 2.11. The van der Waals surface area contributed by atoms with E-state index in [4.69, 9.17) is 11.6 Å². The molecule has 12 heavy (non-hydrogen) atoms. The molecule has 0 saturated heterocycles. The fraction of sp³-hybridized carbons (Fsp3) is 0.143. The molecule has 2 amide bonds. The predicted molar refractivity (Wildman–Crippen MR) is 47.7 cm³/mol. The predicted octanol–water partition coefficient (Wildman–Crippen LogP) is 2.18. The van der Waals surface area contributed by atoms with E-state index in [2.05, 4.69) is 0 Å². The Balaban J connectivity index is 2.79. The molecule has 0 N–H and O–H groups in total. The smallest absolute Gasteiger partial charge is 0.268 e. The van der Waals surface area contributed by atoms with Crippen molar-refractivity contribution in [3.63, 3.8) is 0 Å². The number of hydrogen-bond donors (Lipinski definition) is 0. The lowest BCUT2D eigenvalue weighted by Crippen LogP contribution is -2.27. The molecule has 0 aromatic carbocycles. The first-order chi connectivity index (χ1) is 5.63. The van der Waals surface area contributed by atoms with Crippen molar-refractivity contribution in [2.24, 2.45) is 0 Å². The number of thiophene rings is 1. The molecule has 1 heterocycles. The first kappa shape index (κ1) is 9.22. The van der Waals surface area contributed by atoms with E-state index in [1.54, 1.807) is 17.5 Å². The molecule has 3 nitrogen and oxygen atoms in total. The van der Waals surface area contributed by atoms with E-state index in [0.29, 0.717) is 4.88 Å². The van der Waals surface area contributed by atoms with Crippen LogP contribution in [0.1, 0.15) is 9.67 Å². The van der Waals surface area contributed by atoms with Gasteiger partial charge in [0.2, 0.25) is 0 Å². The Morgan fingerprint density at radius 3 is 2.67 bits per heavy atom. The Morgan fingerprint density at radius 2 is 2.25 bits per heavy atom. The highest BCUT2D eigenvalue weighted by molar-refractivity contribution is 7.12. The number of rotatable bonds is 1. The van der Waals surface area contributed by atoms with Crippen LogP contribution in [0.25, 0.3) is 0 Å². The van der Waals surface area contributed by atoms with E-state index in [9.17, 15) is 9.59 Å². The Kier molecular flexibility index (Phi) is 2.83. The number of hydrogen-bond acceptors (Lipinski definition) is 3. The van der Waals surface area contributed by atoms with E-state index in [1.165, 1.54) is 18.4 Å². The monoisotopic (exact) mass is 203 g/mol. The summed E-state index contributed by atoms with van der Waals surface area (Å²) in [5.74, 6) is -0.370. The molecular weight excluding hydrogens is 198 g/mol. The Bertz CT molecular complexity index is 296. The second-order valence-electron chi connectivity index (χ2n) is 2.09. The van der Waals surface area contributed by atoms with Crippen molar-refractivity contribution < 1.29 is 9.59 Å². The van der Waals surface area contributed by atoms with Gasteiger partial charge in [0, 0.05) is 7.05 Å². The fourth-order valence-electron chi connectivity index (χ4n) is 0.645. The maximum absolute atomic E-state index is 11.3. The normalized spacial score (nSPS) is 9.50. The standard InChI is InChI=1S/C7H6ClNO2S/c1-9(7(8)11)6(10)5-3-2-4-12-5/h2-4H,1H3. The minimum atomic E-state index is -0.770. The van der Waals surface area contributed by atoms with Gasteiger partial charge in [0.15, 0.2) is 0 Å². The largest absolute Gasteiger partial charge is 0.323 e. The lowest BCUT2D eigenvalue weighted by molar-refractivity contribution is 0.0852. The van der Waals surface area contributed by atoms with Crippen molar-refractivity contribution in [1.29, 1.82) is 0 Å². The molecule has 0 saturated carbocycles. The van der Waals surface area contributed by atoms with Crippen molar-refractivity contribution in [2.75, 3.05) is 7.05 Å². The van der Waals surface area contributed by atoms with Crippen LogP contribution in [0.15, 0.2) is 17.5 Å². The SMILES string of the molecule is CN(C(=O)Cl)C(=O)c1cccs1. The van der Waals surface area contributed by atoms with Gasteiger partial charge in [0.25, 0.3) is 5.91 Å². The van der Waals surface area contributed by atoms with Gasteiger partial charge >= 0.3 is 5.37 Å². The molecule has 0 radical (unpaired) electrons.